The van der Waals surface area contributed by atoms with Crippen molar-refractivity contribution >= 4 is 16.8 Å². The van der Waals surface area contributed by atoms with Crippen LogP contribution < -0.4 is 10.5 Å². The van der Waals surface area contributed by atoms with Gasteiger partial charge in [0.25, 0.3) is 11.8 Å². The van der Waals surface area contributed by atoms with Crippen molar-refractivity contribution in [2.24, 2.45) is 5.73 Å². The molecule has 3 rings (SSSR count). The van der Waals surface area contributed by atoms with Crippen LogP contribution in [0, 0.1) is 0 Å². The van der Waals surface area contributed by atoms with E-state index in [1.54, 1.807) is 24.0 Å². The number of hydrogen-bond acceptors (Lipinski definition) is 6. The molecule has 0 radical (unpaired) electrons. The number of ether oxygens (including phenoxy) is 1. The van der Waals surface area contributed by atoms with Crippen molar-refractivity contribution in [3.05, 3.63) is 41.4 Å². The van der Waals surface area contributed by atoms with Gasteiger partial charge >= 0.3 is 0 Å². The highest BCUT2D eigenvalue weighted by Gasteiger charge is 2.29. The van der Waals surface area contributed by atoms with E-state index < -0.39 is 12.0 Å². The van der Waals surface area contributed by atoms with Gasteiger partial charge in [-0.15, -0.1) is 0 Å². The Morgan fingerprint density at radius 2 is 1.52 bits per heavy atom. The van der Waals surface area contributed by atoms with Crippen molar-refractivity contribution < 1.29 is 22.7 Å². The highest BCUT2D eigenvalue weighted by molar-refractivity contribution is 5.98. The van der Waals surface area contributed by atoms with Gasteiger partial charge < -0.3 is 19.8 Å². The maximum absolute atomic E-state index is 13.8. The Morgan fingerprint density at radius 1 is 1.00 bits per heavy atom. The zero-order valence-corrected chi connectivity index (χ0v) is 26.2. The van der Waals surface area contributed by atoms with Crippen LogP contribution in [0.4, 0.5) is 8.78 Å². The Labute approximate surface area is 241 Å². The van der Waals surface area contributed by atoms with Crippen LogP contribution in [-0.2, 0) is 5.92 Å². The zero-order chi connectivity index (χ0) is 30.9. The Hall–Kier alpha value is -3.07. The molecule has 9 heteroatoms. The van der Waals surface area contributed by atoms with Gasteiger partial charge in [0, 0.05) is 31.0 Å². The minimum absolute atomic E-state index is 0. The van der Waals surface area contributed by atoms with E-state index in [0.717, 1.165) is 6.92 Å². The maximum Gasteiger partial charge on any atom is 0.286 e. The first-order valence-corrected chi connectivity index (χ1v) is 14.0. The fourth-order valence-electron chi connectivity index (χ4n) is 3.36. The van der Waals surface area contributed by atoms with Crippen LogP contribution in [0.15, 0.2) is 28.7 Å². The molecule has 1 atom stereocenters. The number of amides is 1. The molecular weight excluding hydrogens is 514 g/mol. The molecular formula is C31H54F2N4O3. The largest absolute Gasteiger partial charge is 0.494 e. The summed E-state index contributed by atoms with van der Waals surface area (Å²) in [6.45, 7) is 23.3. The molecule has 7 nitrogen and oxygen atoms in total. The summed E-state index contributed by atoms with van der Waals surface area (Å²) in [6.07, 6.45) is 0. The highest BCUT2D eigenvalue weighted by Crippen LogP contribution is 2.37. The number of carbonyl (C=O) groups is 1. The van der Waals surface area contributed by atoms with Gasteiger partial charge in [0.05, 0.1) is 13.2 Å². The van der Waals surface area contributed by atoms with Gasteiger partial charge in [-0.25, -0.2) is 9.97 Å². The van der Waals surface area contributed by atoms with Crippen LogP contribution in [0.5, 0.6) is 5.75 Å². The van der Waals surface area contributed by atoms with E-state index in [1.807, 2.05) is 69.2 Å². The molecule has 0 aliphatic carbocycles. The van der Waals surface area contributed by atoms with Crippen LogP contribution in [0.1, 0.15) is 118 Å². The molecule has 2 N–H and O–H groups in total. The molecule has 1 amide bonds. The molecule has 0 aliphatic rings. The number of nitrogens with zero attached hydrogens (tertiary/aromatic N) is 3. The number of hydrogen-bond donors (Lipinski definition) is 1. The molecule has 0 unspecified atom stereocenters. The van der Waals surface area contributed by atoms with Gasteiger partial charge in [0.15, 0.2) is 11.5 Å². The van der Waals surface area contributed by atoms with Crippen LogP contribution in [0.3, 0.4) is 0 Å². The average Bonchev–Trinajstić information content (AvgIpc) is 3.42. The number of benzene rings is 1. The lowest BCUT2D eigenvalue weighted by Crippen LogP contribution is -2.31. The Morgan fingerprint density at radius 3 is 1.95 bits per heavy atom. The lowest BCUT2D eigenvalue weighted by atomic mass is 10.1. The first-order chi connectivity index (χ1) is 18.6. The summed E-state index contributed by atoms with van der Waals surface area (Å²) < 4.78 is 38.9. The monoisotopic (exact) mass is 568 g/mol. The zero-order valence-electron chi connectivity index (χ0n) is 26.2. The van der Waals surface area contributed by atoms with Gasteiger partial charge in [0.2, 0.25) is 5.89 Å². The minimum atomic E-state index is -3.11. The summed E-state index contributed by atoms with van der Waals surface area (Å²) in [5.74, 6) is -2.63. The second-order valence-corrected chi connectivity index (χ2v) is 7.29. The molecule has 0 fully saturated rings. The first-order valence-electron chi connectivity index (χ1n) is 14.0. The number of fused-ring (bicyclic) bond motifs is 1. The number of aromatic nitrogens is 2. The summed E-state index contributed by atoms with van der Waals surface area (Å²) in [5.41, 5.74) is 6.54. The standard InChI is InChI=1S/C22H26F2N4O3.4C2H6.CH4/c1-6-28(7-2)21(29)18-19(12(3)25)31-20(27-18)14-8-10-15(30-5)17-13(14)9-11-16(26-17)22(4,23)24;4*1-2;/h8-12H,6-7,25H2,1-5H3;4*1-2H3;1H4/t12-;;;;;/m0...../s1. The molecule has 0 spiro atoms. The lowest BCUT2D eigenvalue weighted by molar-refractivity contribution is 0.0131. The number of halogens is 2. The van der Waals surface area contributed by atoms with Crippen molar-refractivity contribution in [1.29, 1.82) is 0 Å². The third kappa shape index (κ3) is 10.2. The van der Waals surface area contributed by atoms with E-state index >= 15 is 0 Å². The van der Waals surface area contributed by atoms with Crippen molar-refractivity contribution in [3.63, 3.8) is 0 Å². The number of methoxy groups -OCH3 is 1. The molecule has 0 aliphatic heterocycles. The van der Waals surface area contributed by atoms with Gasteiger partial charge in [-0.2, -0.15) is 8.78 Å². The number of pyridine rings is 1. The van der Waals surface area contributed by atoms with E-state index in [1.165, 1.54) is 19.2 Å². The summed E-state index contributed by atoms with van der Waals surface area (Å²) in [5, 5.41) is 0.506. The van der Waals surface area contributed by atoms with E-state index in [2.05, 4.69) is 9.97 Å². The molecule has 2 aromatic heterocycles. The van der Waals surface area contributed by atoms with Crippen LogP contribution in [-0.4, -0.2) is 41.0 Å². The van der Waals surface area contributed by atoms with E-state index in [9.17, 15) is 13.6 Å². The fourth-order valence-corrected chi connectivity index (χ4v) is 3.36. The van der Waals surface area contributed by atoms with Gasteiger partial charge in [-0.3, -0.25) is 4.79 Å². The third-order valence-electron chi connectivity index (χ3n) is 5.04. The van der Waals surface area contributed by atoms with Crippen molar-refractivity contribution in [1.82, 2.24) is 14.9 Å². The van der Waals surface area contributed by atoms with Crippen molar-refractivity contribution in [3.8, 4) is 17.2 Å². The molecule has 1 aromatic carbocycles. The maximum atomic E-state index is 13.8. The Balaban J connectivity index is -0.00000140. The summed E-state index contributed by atoms with van der Waals surface area (Å²) >= 11 is 0. The summed E-state index contributed by atoms with van der Waals surface area (Å²) in [6, 6.07) is 5.50. The van der Waals surface area contributed by atoms with Crippen molar-refractivity contribution in [2.75, 3.05) is 20.2 Å². The SMILES string of the molecule is C.CC.CC.CC.CC.CCN(CC)C(=O)c1nc(-c2ccc(OC)c3nc(C(C)(F)F)ccc23)oc1[C@H](C)N. The second-order valence-electron chi connectivity index (χ2n) is 7.29. The van der Waals surface area contributed by atoms with Crippen LogP contribution >= 0.6 is 0 Å². The highest BCUT2D eigenvalue weighted by atomic mass is 19.3. The first kappa shape index (κ1) is 41.4. The molecule has 0 saturated carbocycles. The Kier molecular flexibility index (Phi) is 21.5. The number of oxazole rings is 1. The van der Waals surface area contributed by atoms with E-state index in [4.69, 9.17) is 14.9 Å². The van der Waals surface area contributed by atoms with E-state index in [0.29, 0.717) is 29.8 Å². The Bertz CT molecular complexity index is 1110. The third-order valence-corrected chi connectivity index (χ3v) is 5.04. The molecule has 3 aromatic rings. The quantitative estimate of drug-likeness (QED) is 0.305. The number of carbonyl (C=O) groups excluding carboxylic acids is 1. The number of rotatable bonds is 7. The van der Waals surface area contributed by atoms with Crippen LogP contribution in [0.25, 0.3) is 22.4 Å². The van der Waals surface area contributed by atoms with Crippen LogP contribution in [0.2, 0.25) is 0 Å². The van der Waals surface area contributed by atoms with Gasteiger partial charge in [0.1, 0.15) is 17.0 Å². The van der Waals surface area contributed by atoms with Gasteiger partial charge in [-0.1, -0.05) is 62.8 Å². The smallest absolute Gasteiger partial charge is 0.286 e. The summed E-state index contributed by atoms with van der Waals surface area (Å²) in [7, 11) is 1.44. The minimum Gasteiger partial charge on any atom is -0.494 e. The number of alkyl halides is 2. The molecule has 230 valence electrons. The molecule has 40 heavy (non-hydrogen) atoms. The predicted molar refractivity (Wildman–Crippen MR) is 165 cm³/mol. The lowest BCUT2D eigenvalue weighted by Gasteiger charge is -2.17. The van der Waals surface area contributed by atoms with Crippen molar-refractivity contribution in [2.45, 2.75) is 102 Å². The second kappa shape index (κ2) is 20.8. The topological polar surface area (TPSA) is 94.5 Å². The molecule has 2 heterocycles. The predicted octanol–water partition coefficient (Wildman–Crippen LogP) is 9.25. The average molecular weight is 569 g/mol. The molecule has 0 saturated heterocycles. The summed E-state index contributed by atoms with van der Waals surface area (Å²) in [4.78, 5) is 23.1. The fraction of sp³-hybridized carbons (Fsp3) is 0.581. The normalized spacial score (nSPS) is 10.5. The number of nitrogens with two attached hydrogens (primary N) is 1. The molecule has 0 bridgehead atoms. The van der Waals surface area contributed by atoms with Gasteiger partial charge in [-0.05, 0) is 45.0 Å². The van der Waals surface area contributed by atoms with E-state index in [-0.39, 0.29) is 41.9 Å².